The van der Waals surface area contributed by atoms with Crippen LogP contribution >= 0.6 is 0 Å². The van der Waals surface area contributed by atoms with Gasteiger partial charge in [0.2, 0.25) is 0 Å². The molecule has 1 atom stereocenters. The number of hydrogen-bond acceptors (Lipinski definition) is 2. The number of rotatable bonds is 2. The molecule has 0 radical (unpaired) electrons. The van der Waals surface area contributed by atoms with E-state index < -0.39 is 0 Å². The largest absolute Gasteiger partial charge is 0.316 e. The predicted octanol–water partition coefficient (Wildman–Crippen LogP) is 1.58. The van der Waals surface area contributed by atoms with Crippen molar-refractivity contribution in [1.29, 1.82) is 0 Å². The molecule has 0 aliphatic heterocycles. The van der Waals surface area contributed by atoms with E-state index in [2.05, 4.69) is 11.4 Å². The van der Waals surface area contributed by atoms with Crippen LogP contribution in [0.3, 0.4) is 0 Å². The number of hydrogen-bond donors (Lipinski definition) is 1. The van der Waals surface area contributed by atoms with E-state index in [0.717, 1.165) is 18.4 Å². The van der Waals surface area contributed by atoms with Crippen LogP contribution in [0, 0.1) is 0 Å². The molecule has 2 nitrogen and oxygen atoms in total. The molecule has 0 bridgehead atoms. The van der Waals surface area contributed by atoms with Crippen LogP contribution in [0.2, 0.25) is 0 Å². The molecule has 0 amide bonds. The molecule has 14 heavy (non-hydrogen) atoms. The summed E-state index contributed by atoms with van der Waals surface area (Å²) in [6.45, 7) is 1.62. The van der Waals surface area contributed by atoms with Gasteiger partial charge in [0.05, 0.1) is 0 Å². The van der Waals surface area contributed by atoms with Crippen molar-refractivity contribution in [3.63, 3.8) is 0 Å². The number of Topliss-reactive ketones (excluding diaryl/α,β-unsaturated/α-hetero) is 1. The third-order valence-corrected chi connectivity index (χ3v) is 2.95. The molecule has 0 aromatic heterocycles. The summed E-state index contributed by atoms with van der Waals surface area (Å²) >= 11 is 0. The summed E-state index contributed by atoms with van der Waals surface area (Å²) in [5.41, 5.74) is 3.55. The van der Waals surface area contributed by atoms with Gasteiger partial charge in [-0.25, -0.2) is 0 Å². The van der Waals surface area contributed by atoms with Crippen LogP contribution in [0.4, 0.5) is 0 Å². The van der Waals surface area contributed by atoms with Gasteiger partial charge in [0, 0.05) is 11.6 Å². The second-order valence-corrected chi connectivity index (χ2v) is 3.93. The Balaban J connectivity index is 2.31. The molecule has 0 fully saturated rings. The fourth-order valence-corrected chi connectivity index (χ4v) is 2.04. The normalized spacial score (nSPS) is 19.4. The first-order chi connectivity index (χ1) is 6.70. The van der Waals surface area contributed by atoms with Crippen molar-refractivity contribution >= 4 is 5.78 Å². The summed E-state index contributed by atoms with van der Waals surface area (Å²) in [5.74, 6) is 0.153. The van der Waals surface area contributed by atoms with E-state index in [-0.39, 0.29) is 5.78 Å². The standard InChI is InChI=1S/C12H15NO/c1-8(14)9-3-4-10-6-12(13-2)7-11(10)5-9/h3-5,12-13H,6-7H2,1-2H3. The van der Waals surface area contributed by atoms with Gasteiger partial charge < -0.3 is 5.32 Å². The molecule has 0 spiro atoms. The van der Waals surface area contributed by atoms with E-state index in [0.29, 0.717) is 6.04 Å². The van der Waals surface area contributed by atoms with E-state index in [1.165, 1.54) is 11.1 Å². The highest BCUT2D eigenvalue weighted by Gasteiger charge is 2.20. The molecular formula is C12H15NO. The average Bonchev–Trinajstić information content (AvgIpc) is 2.58. The molecule has 2 heteroatoms. The summed E-state index contributed by atoms with van der Waals surface area (Å²) in [7, 11) is 1.99. The van der Waals surface area contributed by atoms with Crippen molar-refractivity contribution < 1.29 is 4.79 Å². The Hall–Kier alpha value is -1.15. The maximum atomic E-state index is 11.2. The van der Waals surface area contributed by atoms with Crippen LogP contribution in [0.15, 0.2) is 18.2 Å². The lowest BCUT2D eigenvalue weighted by Crippen LogP contribution is -2.24. The molecule has 1 N–H and O–H groups in total. The molecule has 2 rings (SSSR count). The Morgan fingerprint density at radius 2 is 2.07 bits per heavy atom. The maximum Gasteiger partial charge on any atom is 0.159 e. The molecule has 1 aliphatic rings. The lowest BCUT2D eigenvalue weighted by molar-refractivity contribution is 0.101. The maximum absolute atomic E-state index is 11.2. The Morgan fingerprint density at radius 3 is 2.71 bits per heavy atom. The molecule has 0 saturated carbocycles. The van der Waals surface area contributed by atoms with Crippen LogP contribution in [-0.2, 0) is 12.8 Å². The first kappa shape index (κ1) is 9.41. The molecule has 0 saturated heterocycles. The molecular weight excluding hydrogens is 174 g/mol. The number of nitrogens with one attached hydrogen (secondary N) is 1. The van der Waals surface area contributed by atoms with Crippen molar-refractivity contribution in [3.8, 4) is 0 Å². The van der Waals surface area contributed by atoms with Crippen LogP contribution in [-0.4, -0.2) is 18.9 Å². The van der Waals surface area contributed by atoms with Crippen LogP contribution in [0.1, 0.15) is 28.4 Å². The molecule has 0 heterocycles. The van der Waals surface area contributed by atoms with E-state index >= 15 is 0 Å². The third-order valence-electron chi connectivity index (χ3n) is 2.95. The Morgan fingerprint density at radius 1 is 1.36 bits per heavy atom. The zero-order chi connectivity index (χ0) is 10.1. The highest BCUT2D eigenvalue weighted by molar-refractivity contribution is 5.94. The quantitative estimate of drug-likeness (QED) is 0.716. The van der Waals surface area contributed by atoms with Crippen molar-refractivity contribution in [3.05, 3.63) is 34.9 Å². The lowest BCUT2D eigenvalue weighted by Gasteiger charge is -2.04. The smallest absolute Gasteiger partial charge is 0.159 e. The minimum absolute atomic E-state index is 0.153. The minimum Gasteiger partial charge on any atom is -0.316 e. The van der Waals surface area contributed by atoms with Crippen molar-refractivity contribution in [2.75, 3.05) is 7.05 Å². The number of fused-ring (bicyclic) bond motifs is 1. The summed E-state index contributed by atoms with van der Waals surface area (Å²) in [6.07, 6.45) is 2.14. The fourth-order valence-electron chi connectivity index (χ4n) is 2.04. The SMILES string of the molecule is CNC1Cc2ccc(C(C)=O)cc2C1. The van der Waals surface area contributed by atoms with Gasteiger partial charge in [0.15, 0.2) is 5.78 Å². The number of ketones is 1. The average molecular weight is 189 g/mol. The number of benzene rings is 1. The van der Waals surface area contributed by atoms with Gasteiger partial charge in [-0.15, -0.1) is 0 Å². The highest BCUT2D eigenvalue weighted by Crippen LogP contribution is 2.23. The molecule has 74 valence electrons. The number of carbonyl (C=O) groups excluding carboxylic acids is 1. The first-order valence-electron chi connectivity index (χ1n) is 5.00. The lowest BCUT2D eigenvalue weighted by atomic mass is 10.0. The Labute approximate surface area is 84.3 Å². The van der Waals surface area contributed by atoms with E-state index in [9.17, 15) is 4.79 Å². The summed E-state index contributed by atoms with van der Waals surface area (Å²) in [5, 5.41) is 3.27. The summed E-state index contributed by atoms with van der Waals surface area (Å²) in [4.78, 5) is 11.2. The molecule has 1 unspecified atom stereocenters. The molecule has 1 aromatic rings. The number of carbonyl (C=O) groups is 1. The second kappa shape index (κ2) is 3.54. The van der Waals surface area contributed by atoms with Gasteiger partial charge in [-0.2, -0.15) is 0 Å². The molecule has 1 aromatic carbocycles. The van der Waals surface area contributed by atoms with Gasteiger partial charge in [0.1, 0.15) is 0 Å². The highest BCUT2D eigenvalue weighted by atomic mass is 16.1. The minimum atomic E-state index is 0.153. The zero-order valence-corrected chi connectivity index (χ0v) is 8.63. The second-order valence-electron chi connectivity index (χ2n) is 3.93. The van der Waals surface area contributed by atoms with Crippen LogP contribution in [0.5, 0.6) is 0 Å². The van der Waals surface area contributed by atoms with E-state index in [1.807, 2.05) is 19.2 Å². The molecule has 1 aliphatic carbocycles. The van der Waals surface area contributed by atoms with Crippen molar-refractivity contribution in [2.24, 2.45) is 0 Å². The van der Waals surface area contributed by atoms with Crippen molar-refractivity contribution in [2.45, 2.75) is 25.8 Å². The topological polar surface area (TPSA) is 29.1 Å². The monoisotopic (exact) mass is 189 g/mol. The van der Waals surface area contributed by atoms with Crippen LogP contribution in [0.25, 0.3) is 0 Å². The van der Waals surface area contributed by atoms with Gasteiger partial charge in [-0.1, -0.05) is 12.1 Å². The van der Waals surface area contributed by atoms with E-state index in [1.54, 1.807) is 6.92 Å². The van der Waals surface area contributed by atoms with Gasteiger partial charge in [-0.05, 0) is 44.0 Å². The van der Waals surface area contributed by atoms with Gasteiger partial charge in [-0.3, -0.25) is 4.79 Å². The first-order valence-corrected chi connectivity index (χ1v) is 5.00. The predicted molar refractivity (Wildman–Crippen MR) is 56.7 cm³/mol. The van der Waals surface area contributed by atoms with Crippen molar-refractivity contribution in [1.82, 2.24) is 5.32 Å². The van der Waals surface area contributed by atoms with Crippen LogP contribution < -0.4 is 5.32 Å². The Bertz CT molecular complexity index is 371. The third kappa shape index (κ3) is 1.58. The van der Waals surface area contributed by atoms with E-state index in [4.69, 9.17) is 0 Å². The summed E-state index contributed by atoms with van der Waals surface area (Å²) in [6, 6.07) is 6.60. The van der Waals surface area contributed by atoms with Gasteiger partial charge >= 0.3 is 0 Å². The zero-order valence-electron chi connectivity index (χ0n) is 8.63. The summed E-state index contributed by atoms with van der Waals surface area (Å²) < 4.78 is 0. The number of likely N-dealkylation sites (N-methyl/N-ethyl adjacent to an activating group) is 1. The fraction of sp³-hybridized carbons (Fsp3) is 0.417. The Kier molecular flexibility index (Phi) is 2.38. The van der Waals surface area contributed by atoms with Gasteiger partial charge in [0.25, 0.3) is 0 Å².